The van der Waals surface area contributed by atoms with Crippen LogP contribution in [-0.2, 0) is 0 Å². The molecule has 0 N–H and O–H groups in total. The van der Waals surface area contributed by atoms with Crippen LogP contribution in [0.3, 0.4) is 0 Å². The zero-order valence-corrected chi connectivity index (χ0v) is 11.3. The molecule has 2 nitrogen and oxygen atoms in total. The number of allylic oxidation sites excluding steroid dienone is 1. The summed E-state index contributed by atoms with van der Waals surface area (Å²) in [4.78, 5) is 5.13. The van der Waals surface area contributed by atoms with Gasteiger partial charge in [0.15, 0.2) is 0 Å². The van der Waals surface area contributed by atoms with Crippen LogP contribution in [0.1, 0.15) is 40.5 Å². The van der Waals surface area contributed by atoms with Gasteiger partial charge in [-0.1, -0.05) is 6.58 Å². The molecule has 0 aromatic rings. The van der Waals surface area contributed by atoms with Crippen molar-refractivity contribution in [2.45, 2.75) is 52.6 Å². The van der Waals surface area contributed by atoms with Crippen molar-refractivity contribution in [3.8, 4) is 0 Å². The first-order valence-electron chi connectivity index (χ1n) is 6.62. The summed E-state index contributed by atoms with van der Waals surface area (Å²) in [5.41, 5.74) is 1.88. The first-order valence-corrected chi connectivity index (χ1v) is 6.62. The molecular formula is C14H26N2. The van der Waals surface area contributed by atoms with Crippen molar-refractivity contribution in [2.24, 2.45) is 5.41 Å². The van der Waals surface area contributed by atoms with Gasteiger partial charge in [-0.3, -0.25) is 0 Å². The molecule has 0 aliphatic carbocycles. The average molecular weight is 222 g/mol. The highest BCUT2D eigenvalue weighted by Crippen LogP contribution is 2.44. The molecule has 1 unspecified atom stereocenters. The van der Waals surface area contributed by atoms with Gasteiger partial charge in [0.1, 0.15) is 0 Å². The molecule has 16 heavy (non-hydrogen) atoms. The Bertz CT molecular complexity index is 282. The smallest absolute Gasteiger partial charge is 0.0250 e. The van der Waals surface area contributed by atoms with E-state index in [1.807, 2.05) is 0 Å². The minimum atomic E-state index is 0.519. The van der Waals surface area contributed by atoms with Crippen molar-refractivity contribution in [3.63, 3.8) is 0 Å². The Morgan fingerprint density at radius 1 is 1.12 bits per heavy atom. The maximum absolute atomic E-state index is 4.25. The summed E-state index contributed by atoms with van der Waals surface area (Å²) in [6.07, 6.45) is 2.57. The monoisotopic (exact) mass is 222 g/mol. The van der Waals surface area contributed by atoms with Crippen molar-refractivity contribution in [2.75, 3.05) is 19.6 Å². The number of nitrogens with zero attached hydrogens (tertiary/aromatic N) is 2. The Hall–Kier alpha value is -0.500. The Morgan fingerprint density at radius 2 is 1.81 bits per heavy atom. The molecule has 0 bridgehead atoms. The Balaban J connectivity index is 2.05. The van der Waals surface area contributed by atoms with Crippen LogP contribution in [0.2, 0.25) is 0 Å². The molecule has 0 radical (unpaired) electrons. The third kappa shape index (κ3) is 2.00. The van der Waals surface area contributed by atoms with Crippen molar-refractivity contribution in [3.05, 3.63) is 12.3 Å². The lowest BCUT2D eigenvalue weighted by Gasteiger charge is -2.28. The zero-order chi connectivity index (χ0) is 11.9. The minimum absolute atomic E-state index is 0.519. The molecule has 2 heterocycles. The van der Waals surface area contributed by atoms with Gasteiger partial charge in [-0.2, -0.15) is 0 Å². The van der Waals surface area contributed by atoms with Crippen LogP contribution < -0.4 is 0 Å². The lowest BCUT2D eigenvalue weighted by Crippen LogP contribution is -2.35. The fourth-order valence-corrected chi connectivity index (χ4v) is 3.30. The van der Waals surface area contributed by atoms with Crippen LogP contribution in [0.4, 0.5) is 0 Å². The van der Waals surface area contributed by atoms with Crippen molar-refractivity contribution >= 4 is 0 Å². The van der Waals surface area contributed by atoms with Crippen LogP contribution >= 0.6 is 0 Å². The second-order valence-electron chi connectivity index (χ2n) is 6.28. The van der Waals surface area contributed by atoms with Gasteiger partial charge < -0.3 is 9.80 Å². The van der Waals surface area contributed by atoms with Gasteiger partial charge in [0.05, 0.1) is 0 Å². The van der Waals surface area contributed by atoms with E-state index in [9.17, 15) is 0 Å². The van der Waals surface area contributed by atoms with E-state index < -0.39 is 0 Å². The first kappa shape index (κ1) is 12.0. The summed E-state index contributed by atoms with van der Waals surface area (Å²) in [6, 6.07) is 1.31. The summed E-state index contributed by atoms with van der Waals surface area (Å²) in [6.45, 7) is 17.2. The van der Waals surface area contributed by atoms with Gasteiger partial charge in [-0.15, -0.1) is 0 Å². The van der Waals surface area contributed by atoms with E-state index in [2.05, 4.69) is 44.1 Å². The van der Waals surface area contributed by atoms with Gasteiger partial charge in [0, 0.05) is 36.3 Å². The summed E-state index contributed by atoms with van der Waals surface area (Å²) in [5.74, 6) is 0. The van der Waals surface area contributed by atoms with Crippen molar-refractivity contribution < 1.29 is 0 Å². The molecule has 0 saturated carbocycles. The predicted octanol–water partition coefficient (Wildman–Crippen LogP) is 2.71. The molecule has 0 amide bonds. The van der Waals surface area contributed by atoms with Crippen LogP contribution in [-0.4, -0.2) is 41.5 Å². The maximum Gasteiger partial charge on any atom is 0.0250 e. The normalized spacial score (nSPS) is 31.6. The zero-order valence-electron chi connectivity index (χ0n) is 11.3. The van der Waals surface area contributed by atoms with Gasteiger partial charge in [0.25, 0.3) is 0 Å². The van der Waals surface area contributed by atoms with Crippen molar-refractivity contribution in [1.82, 2.24) is 9.80 Å². The van der Waals surface area contributed by atoms with E-state index >= 15 is 0 Å². The van der Waals surface area contributed by atoms with E-state index in [-0.39, 0.29) is 0 Å². The third-order valence-corrected chi connectivity index (χ3v) is 4.31. The first-order chi connectivity index (χ1) is 7.43. The summed E-state index contributed by atoms with van der Waals surface area (Å²) >= 11 is 0. The molecule has 2 rings (SSSR count). The number of rotatable bonds is 2. The summed E-state index contributed by atoms with van der Waals surface area (Å²) in [7, 11) is 0. The standard InChI is InChI=1S/C14H26N2/c1-11(2)15-7-6-14(9-15)8-13(5)16(10-14)12(3)4/h11-12H,5-10H2,1-4H3. The molecular weight excluding hydrogens is 196 g/mol. The molecule has 1 atom stereocenters. The van der Waals surface area contributed by atoms with E-state index in [4.69, 9.17) is 0 Å². The lowest BCUT2D eigenvalue weighted by atomic mass is 9.86. The van der Waals surface area contributed by atoms with Gasteiger partial charge >= 0.3 is 0 Å². The van der Waals surface area contributed by atoms with E-state index in [1.165, 1.54) is 38.2 Å². The highest BCUT2D eigenvalue weighted by molar-refractivity contribution is 5.13. The highest BCUT2D eigenvalue weighted by atomic mass is 15.2. The lowest BCUT2D eigenvalue weighted by molar-refractivity contribution is 0.206. The molecule has 2 heteroatoms. The highest BCUT2D eigenvalue weighted by Gasteiger charge is 2.45. The van der Waals surface area contributed by atoms with Crippen molar-refractivity contribution in [1.29, 1.82) is 0 Å². The molecule has 1 spiro atoms. The SMILES string of the molecule is C=C1CC2(CCN(C(C)C)C2)CN1C(C)C. The van der Waals surface area contributed by atoms with E-state index in [1.54, 1.807) is 0 Å². The second-order valence-corrected chi connectivity index (χ2v) is 6.28. The van der Waals surface area contributed by atoms with E-state index in [0.29, 0.717) is 17.5 Å². The molecule has 92 valence electrons. The molecule has 2 fully saturated rings. The quantitative estimate of drug-likeness (QED) is 0.709. The van der Waals surface area contributed by atoms with Gasteiger partial charge in [-0.25, -0.2) is 0 Å². The average Bonchev–Trinajstić information content (AvgIpc) is 2.72. The Morgan fingerprint density at radius 3 is 2.25 bits per heavy atom. The number of likely N-dealkylation sites (tertiary alicyclic amines) is 2. The van der Waals surface area contributed by atoms with Gasteiger partial charge in [0.2, 0.25) is 0 Å². The van der Waals surface area contributed by atoms with Crippen LogP contribution in [0.25, 0.3) is 0 Å². The molecule has 2 aliphatic heterocycles. The fraction of sp³-hybridized carbons (Fsp3) is 0.857. The summed E-state index contributed by atoms with van der Waals surface area (Å²) < 4.78 is 0. The topological polar surface area (TPSA) is 6.48 Å². The summed E-state index contributed by atoms with van der Waals surface area (Å²) in [5, 5.41) is 0. The number of hydrogen-bond donors (Lipinski definition) is 0. The van der Waals surface area contributed by atoms with Gasteiger partial charge in [-0.05, 0) is 47.1 Å². The molecule has 0 aromatic heterocycles. The molecule has 2 aliphatic rings. The van der Waals surface area contributed by atoms with E-state index in [0.717, 1.165) is 0 Å². The Labute approximate surface area is 100 Å². The van der Waals surface area contributed by atoms with Crippen LogP contribution in [0.5, 0.6) is 0 Å². The fourth-order valence-electron chi connectivity index (χ4n) is 3.30. The third-order valence-electron chi connectivity index (χ3n) is 4.31. The molecule has 0 aromatic carbocycles. The van der Waals surface area contributed by atoms with Crippen LogP contribution in [0.15, 0.2) is 12.3 Å². The van der Waals surface area contributed by atoms with Crippen LogP contribution in [0, 0.1) is 5.41 Å². The predicted molar refractivity (Wildman–Crippen MR) is 69.4 cm³/mol. The molecule has 2 saturated heterocycles. The Kier molecular flexibility index (Phi) is 3.04. The maximum atomic E-state index is 4.25. The minimum Gasteiger partial charge on any atom is -0.372 e. The number of hydrogen-bond acceptors (Lipinski definition) is 2. The largest absolute Gasteiger partial charge is 0.372 e. The second kappa shape index (κ2) is 4.06.